The first-order valence-electron chi connectivity index (χ1n) is 7.83. The molecule has 0 radical (unpaired) electrons. The number of anilines is 1. The number of rotatable bonds is 4. The van der Waals surface area contributed by atoms with E-state index in [1.165, 1.54) is 25.2 Å². The van der Waals surface area contributed by atoms with Crippen LogP contribution in [0.1, 0.15) is 5.56 Å². The fourth-order valence-electron chi connectivity index (χ4n) is 2.59. The van der Waals surface area contributed by atoms with Crippen molar-refractivity contribution in [2.75, 3.05) is 19.1 Å². The van der Waals surface area contributed by atoms with Crippen LogP contribution in [0.2, 0.25) is 5.02 Å². The first kappa shape index (κ1) is 18.9. The summed E-state index contributed by atoms with van der Waals surface area (Å²) in [5, 5.41) is 3.07. The van der Waals surface area contributed by atoms with Crippen LogP contribution in [0, 0.1) is 0 Å². The number of hydrogen-bond acceptors (Lipinski definition) is 5. The van der Waals surface area contributed by atoms with E-state index in [0.29, 0.717) is 27.8 Å². The van der Waals surface area contributed by atoms with Gasteiger partial charge in [-0.25, -0.2) is 0 Å². The Hall–Kier alpha value is -2.90. The van der Waals surface area contributed by atoms with Crippen LogP contribution >= 0.6 is 23.8 Å². The van der Waals surface area contributed by atoms with E-state index in [4.69, 9.17) is 33.3 Å². The van der Waals surface area contributed by atoms with E-state index in [2.05, 4.69) is 5.32 Å². The molecule has 1 aliphatic rings. The fourth-order valence-corrected chi connectivity index (χ4v) is 3.00. The molecule has 2 amide bonds. The SMILES string of the molecule is COc1ccc(/C=C2/C(=O)NC(=S)N(c3ccc(Cl)cc3)C2=O)cc1OC. The third kappa shape index (κ3) is 3.79. The van der Waals surface area contributed by atoms with Crippen molar-refractivity contribution in [2.45, 2.75) is 0 Å². The van der Waals surface area contributed by atoms with Crippen LogP contribution in [0.15, 0.2) is 48.0 Å². The van der Waals surface area contributed by atoms with Crippen molar-refractivity contribution >= 4 is 52.5 Å². The van der Waals surface area contributed by atoms with Gasteiger partial charge < -0.3 is 9.47 Å². The highest BCUT2D eigenvalue weighted by Gasteiger charge is 2.34. The van der Waals surface area contributed by atoms with Crippen molar-refractivity contribution in [3.05, 3.63) is 58.6 Å². The van der Waals surface area contributed by atoms with Gasteiger partial charge in [-0.15, -0.1) is 0 Å². The minimum Gasteiger partial charge on any atom is -0.493 e. The Morgan fingerprint density at radius 2 is 1.70 bits per heavy atom. The third-order valence-electron chi connectivity index (χ3n) is 3.91. The number of hydrogen-bond donors (Lipinski definition) is 1. The lowest BCUT2D eigenvalue weighted by Gasteiger charge is -2.29. The maximum atomic E-state index is 12.9. The molecule has 0 spiro atoms. The second-order valence-corrected chi connectivity index (χ2v) is 6.37. The lowest BCUT2D eigenvalue weighted by molar-refractivity contribution is -0.122. The first-order chi connectivity index (χ1) is 12.9. The van der Waals surface area contributed by atoms with Crippen LogP contribution in [0.25, 0.3) is 6.08 Å². The molecule has 8 heteroatoms. The summed E-state index contributed by atoms with van der Waals surface area (Å²) >= 11 is 11.1. The van der Waals surface area contributed by atoms with E-state index in [1.807, 2.05) is 0 Å². The van der Waals surface area contributed by atoms with E-state index in [1.54, 1.807) is 42.5 Å². The molecule has 1 N–H and O–H groups in total. The number of nitrogens with zero attached hydrogens (tertiary/aromatic N) is 1. The molecule has 6 nitrogen and oxygen atoms in total. The molecule has 0 aliphatic carbocycles. The van der Waals surface area contributed by atoms with E-state index < -0.39 is 11.8 Å². The average molecular weight is 403 g/mol. The van der Waals surface area contributed by atoms with Crippen molar-refractivity contribution in [3.63, 3.8) is 0 Å². The van der Waals surface area contributed by atoms with E-state index in [9.17, 15) is 9.59 Å². The summed E-state index contributed by atoms with van der Waals surface area (Å²) in [5.74, 6) is -0.0607. The quantitative estimate of drug-likeness (QED) is 0.483. The van der Waals surface area contributed by atoms with Gasteiger partial charge in [-0.05, 0) is 60.3 Å². The standard InChI is InChI=1S/C19H15ClN2O4S/c1-25-15-8-3-11(10-16(15)26-2)9-14-17(23)21-19(27)22(18(14)24)13-6-4-12(20)5-7-13/h3-10H,1-2H3,(H,21,23,27)/b14-9-. The zero-order valence-electron chi connectivity index (χ0n) is 14.5. The molecule has 2 aromatic rings. The minimum atomic E-state index is -0.565. The number of methoxy groups -OCH3 is 2. The van der Waals surface area contributed by atoms with E-state index >= 15 is 0 Å². The molecule has 0 aromatic heterocycles. The molecule has 0 atom stereocenters. The smallest absolute Gasteiger partial charge is 0.270 e. The Kier molecular flexibility index (Phi) is 5.43. The van der Waals surface area contributed by atoms with Crippen molar-refractivity contribution in [1.82, 2.24) is 5.32 Å². The zero-order valence-corrected chi connectivity index (χ0v) is 16.1. The Balaban J connectivity index is 2.00. The largest absolute Gasteiger partial charge is 0.493 e. The lowest BCUT2D eigenvalue weighted by atomic mass is 10.1. The summed E-state index contributed by atoms with van der Waals surface area (Å²) in [5.41, 5.74) is 1.06. The molecule has 0 bridgehead atoms. The van der Waals surface area contributed by atoms with E-state index in [0.717, 1.165) is 0 Å². The number of benzene rings is 2. The van der Waals surface area contributed by atoms with Crippen molar-refractivity contribution in [2.24, 2.45) is 0 Å². The Labute approximate surface area is 166 Å². The molecule has 1 saturated heterocycles. The number of ether oxygens (including phenoxy) is 2. The van der Waals surface area contributed by atoms with Gasteiger partial charge in [-0.2, -0.15) is 0 Å². The van der Waals surface area contributed by atoms with Gasteiger partial charge in [0.15, 0.2) is 16.6 Å². The highest BCUT2D eigenvalue weighted by Crippen LogP contribution is 2.29. The van der Waals surface area contributed by atoms with E-state index in [-0.39, 0.29) is 10.7 Å². The normalized spacial score (nSPS) is 15.7. The van der Waals surface area contributed by atoms with Crippen LogP contribution < -0.4 is 19.7 Å². The molecule has 1 fully saturated rings. The van der Waals surface area contributed by atoms with Crippen molar-refractivity contribution in [1.29, 1.82) is 0 Å². The fraction of sp³-hybridized carbons (Fsp3) is 0.105. The van der Waals surface area contributed by atoms with Crippen LogP contribution in [0.5, 0.6) is 11.5 Å². The maximum Gasteiger partial charge on any atom is 0.270 e. The molecular weight excluding hydrogens is 388 g/mol. The van der Waals surface area contributed by atoms with Crippen molar-refractivity contribution in [3.8, 4) is 11.5 Å². The number of halogens is 1. The number of carbonyl (C=O) groups is 2. The van der Waals surface area contributed by atoms with Gasteiger partial charge in [0, 0.05) is 5.02 Å². The number of nitrogens with one attached hydrogen (secondary N) is 1. The van der Waals surface area contributed by atoms with Crippen LogP contribution in [0.3, 0.4) is 0 Å². The zero-order chi connectivity index (χ0) is 19.6. The average Bonchev–Trinajstić information content (AvgIpc) is 2.66. The summed E-state index contributed by atoms with van der Waals surface area (Å²) in [6.07, 6.45) is 1.48. The molecule has 0 unspecified atom stereocenters. The summed E-state index contributed by atoms with van der Waals surface area (Å²) in [6, 6.07) is 11.7. The maximum absolute atomic E-state index is 12.9. The molecule has 0 saturated carbocycles. The monoisotopic (exact) mass is 402 g/mol. The third-order valence-corrected chi connectivity index (χ3v) is 4.44. The second kappa shape index (κ2) is 7.77. The van der Waals surface area contributed by atoms with Gasteiger partial charge in [-0.3, -0.25) is 19.8 Å². The predicted octanol–water partition coefficient (Wildman–Crippen LogP) is 3.19. The molecule has 138 valence electrons. The van der Waals surface area contributed by atoms with Crippen molar-refractivity contribution < 1.29 is 19.1 Å². The van der Waals surface area contributed by atoms with Gasteiger partial charge in [0.2, 0.25) is 0 Å². The molecule has 3 rings (SSSR count). The minimum absolute atomic E-state index is 0.0109. The Bertz CT molecular complexity index is 957. The van der Waals surface area contributed by atoms with Gasteiger partial charge in [0.25, 0.3) is 11.8 Å². The number of carbonyl (C=O) groups excluding carboxylic acids is 2. The van der Waals surface area contributed by atoms with Gasteiger partial charge >= 0.3 is 0 Å². The molecule has 27 heavy (non-hydrogen) atoms. The molecular formula is C19H15ClN2O4S. The first-order valence-corrected chi connectivity index (χ1v) is 8.62. The summed E-state index contributed by atoms with van der Waals surface area (Å²) in [4.78, 5) is 26.5. The summed E-state index contributed by atoms with van der Waals surface area (Å²) in [6.45, 7) is 0. The Morgan fingerprint density at radius 3 is 2.33 bits per heavy atom. The summed E-state index contributed by atoms with van der Waals surface area (Å²) in [7, 11) is 3.03. The highest BCUT2D eigenvalue weighted by molar-refractivity contribution is 7.80. The van der Waals surface area contributed by atoms with Gasteiger partial charge in [0.05, 0.1) is 19.9 Å². The van der Waals surface area contributed by atoms with Gasteiger partial charge in [-0.1, -0.05) is 17.7 Å². The number of thiocarbonyl (C=S) groups is 1. The van der Waals surface area contributed by atoms with Crippen LogP contribution in [-0.4, -0.2) is 31.1 Å². The molecule has 1 heterocycles. The summed E-state index contributed by atoms with van der Waals surface area (Å²) < 4.78 is 10.4. The highest BCUT2D eigenvalue weighted by atomic mass is 35.5. The van der Waals surface area contributed by atoms with Gasteiger partial charge in [0.1, 0.15) is 5.57 Å². The molecule has 2 aromatic carbocycles. The lowest BCUT2D eigenvalue weighted by Crippen LogP contribution is -2.54. The Morgan fingerprint density at radius 1 is 1.04 bits per heavy atom. The number of amides is 2. The second-order valence-electron chi connectivity index (χ2n) is 5.55. The van der Waals surface area contributed by atoms with Crippen LogP contribution in [-0.2, 0) is 9.59 Å². The predicted molar refractivity (Wildman–Crippen MR) is 107 cm³/mol. The molecule has 1 aliphatic heterocycles. The van der Waals surface area contributed by atoms with Crippen LogP contribution in [0.4, 0.5) is 5.69 Å². The topological polar surface area (TPSA) is 67.9 Å².